The zero-order valence-electron chi connectivity index (χ0n) is 23.6. The summed E-state index contributed by atoms with van der Waals surface area (Å²) in [5.74, 6) is 0.940. The van der Waals surface area contributed by atoms with E-state index in [1.165, 1.54) is 40.6 Å². The Labute approximate surface area is 234 Å². The van der Waals surface area contributed by atoms with Crippen molar-refractivity contribution in [3.63, 3.8) is 0 Å². The van der Waals surface area contributed by atoms with Crippen LogP contribution in [0.5, 0.6) is 28.7 Å². The number of benzene rings is 2. The number of fused-ring (bicyclic) bond motifs is 1. The van der Waals surface area contributed by atoms with Gasteiger partial charge in [-0.25, -0.2) is 4.79 Å². The van der Waals surface area contributed by atoms with Crippen molar-refractivity contribution in [1.29, 1.82) is 0 Å². The van der Waals surface area contributed by atoms with Gasteiger partial charge in [-0.15, -0.1) is 0 Å². The van der Waals surface area contributed by atoms with Gasteiger partial charge in [-0.3, -0.25) is 0 Å². The third-order valence-corrected chi connectivity index (χ3v) is 6.34. The van der Waals surface area contributed by atoms with Gasteiger partial charge in [0.1, 0.15) is 11.5 Å². The zero-order chi connectivity index (χ0) is 29.4. The van der Waals surface area contributed by atoms with Crippen molar-refractivity contribution in [1.82, 2.24) is 5.32 Å². The lowest BCUT2D eigenvalue weighted by atomic mass is 9.88. The topological polar surface area (TPSA) is 116 Å². The van der Waals surface area contributed by atoms with E-state index in [0.717, 1.165) is 0 Å². The summed E-state index contributed by atoms with van der Waals surface area (Å²) in [4.78, 5) is 13.0. The van der Waals surface area contributed by atoms with Crippen LogP contribution >= 0.6 is 0 Å². The number of hydrogen-bond acceptors (Lipinski definition) is 9. The Morgan fingerprint density at radius 3 is 2.38 bits per heavy atom. The van der Waals surface area contributed by atoms with Crippen LogP contribution in [0.25, 0.3) is 11.3 Å². The number of allylic oxidation sites excluding steroid dienone is 5. The number of hydrogen-bond donors (Lipinski definition) is 3. The van der Waals surface area contributed by atoms with Crippen LogP contribution in [0.2, 0.25) is 0 Å². The van der Waals surface area contributed by atoms with Crippen LogP contribution in [0.3, 0.4) is 0 Å². The summed E-state index contributed by atoms with van der Waals surface area (Å²) in [5, 5.41) is 24.7. The van der Waals surface area contributed by atoms with Gasteiger partial charge in [-0.2, -0.15) is 0 Å². The van der Waals surface area contributed by atoms with Crippen molar-refractivity contribution in [3.8, 4) is 28.7 Å². The number of methoxy groups -OCH3 is 4. The molecule has 1 heterocycles. The van der Waals surface area contributed by atoms with Crippen LogP contribution in [-0.4, -0.2) is 51.2 Å². The van der Waals surface area contributed by atoms with E-state index in [4.69, 9.17) is 23.7 Å². The molecule has 0 aromatic heterocycles. The third kappa shape index (κ3) is 6.43. The van der Waals surface area contributed by atoms with Crippen LogP contribution in [0, 0.1) is 0 Å². The first kappa shape index (κ1) is 29.8. The number of esters is 1. The molecule has 1 aliphatic heterocycles. The molecule has 0 atom stereocenters. The monoisotopic (exact) mass is 549 g/mol. The first-order valence-corrected chi connectivity index (χ1v) is 12.5. The number of carbonyl (C=O) groups excluding carboxylic acids is 1. The molecule has 0 amide bonds. The molecule has 0 bridgehead atoms. The van der Waals surface area contributed by atoms with Crippen LogP contribution in [-0.2, 0) is 20.7 Å². The number of phenols is 2. The van der Waals surface area contributed by atoms with Crippen molar-refractivity contribution < 1.29 is 38.7 Å². The highest BCUT2D eigenvalue weighted by molar-refractivity contribution is 6.02. The van der Waals surface area contributed by atoms with Gasteiger partial charge in [-0.1, -0.05) is 12.6 Å². The highest BCUT2D eigenvalue weighted by atomic mass is 16.5. The lowest BCUT2D eigenvalue weighted by molar-refractivity contribution is -0.133. The second kappa shape index (κ2) is 13.3. The third-order valence-electron chi connectivity index (χ3n) is 6.34. The normalized spacial score (nSPS) is 14.7. The standard InChI is InChI=1S/C31H35NO8/c1-8-21(11-9-19(3)36-4)40-27(34)15-18(2)28(20-10-12-24(33)25(16-20)37-5)29-23-17-26(38-6)31(39-7)30(35)22(23)13-14-32-29/h8-12,15-17,32-33,35H,3,13-14H2,1-2,4-7H3/b11-9-,18-15+,21-8+,29-28+. The molecule has 0 spiro atoms. The molecular weight excluding hydrogens is 514 g/mol. The largest absolute Gasteiger partial charge is 0.504 e. The number of aromatic hydroxyl groups is 2. The molecule has 2 aromatic rings. The van der Waals surface area contributed by atoms with Crippen molar-refractivity contribution in [3.05, 3.63) is 88.9 Å². The molecule has 0 saturated heterocycles. The fraction of sp³-hybridized carbons (Fsp3) is 0.258. The molecule has 40 heavy (non-hydrogen) atoms. The first-order valence-electron chi connectivity index (χ1n) is 12.5. The van der Waals surface area contributed by atoms with Gasteiger partial charge >= 0.3 is 5.97 Å². The van der Waals surface area contributed by atoms with E-state index in [1.54, 1.807) is 50.3 Å². The van der Waals surface area contributed by atoms with E-state index in [2.05, 4.69) is 11.9 Å². The molecule has 2 aromatic carbocycles. The number of rotatable bonds is 10. The van der Waals surface area contributed by atoms with Gasteiger partial charge in [0.25, 0.3) is 0 Å². The van der Waals surface area contributed by atoms with Crippen molar-refractivity contribution in [2.24, 2.45) is 0 Å². The minimum Gasteiger partial charge on any atom is -0.504 e. The van der Waals surface area contributed by atoms with Gasteiger partial charge in [0.05, 0.1) is 34.1 Å². The van der Waals surface area contributed by atoms with Crippen LogP contribution in [0.4, 0.5) is 0 Å². The van der Waals surface area contributed by atoms with Crippen LogP contribution in [0.15, 0.2) is 72.2 Å². The second-order valence-electron chi connectivity index (χ2n) is 8.74. The predicted molar refractivity (Wildman–Crippen MR) is 153 cm³/mol. The summed E-state index contributed by atoms with van der Waals surface area (Å²) in [6.07, 6.45) is 6.73. The van der Waals surface area contributed by atoms with Gasteiger partial charge in [0, 0.05) is 29.3 Å². The number of nitrogens with one attached hydrogen (secondary N) is 1. The minimum absolute atomic E-state index is 0.0123. The van der Waals surface area contributed by atoms with Crippen LogP contribution < -0.4 is 19.5 Å². The summed E-state index contributed by atoms with van der Waals surface area (Å²) < 4.78 is 26.8. The summed E-state index contributed by atoms with van der Waals surface area (Å²) >= 11 is 0. The maximum absolute atomic E-state index is 13.0. The van der Waals surface area contributed by atoms with E-state index in [-0.39, 0.29) is 23.0 Å². The Morgan fingerprint density at radius 2 is 1.75 bits per heavy atom. The first-order chi connectivity index (χ1) is 19.2. The molecule has 212 valence electrons. The minimum atomic E-state index is -0.603. The SMILES string of the molecule is C=C(/C=C\C(=C/C)OC(=O)/C=C(C)/C(=C1\NCCc2c1cc(OC)c(OC)c2O)c1ccc(O)c(OC)c1)OC. The van der Waals surface area contributed by atoms with Crippen molar-refractivity contribution >= 4 is 17.2 Å². The molecule has 3 rings (SSSR count). The molecule has 9 heteroatoms. The van der Waals surface area contributed by atoms with E-state index >= 15 is 0 Å². The van der Waals surface area contributed by atoms with Gasteiger partial charge in [-0.05, 0) is 67.8 Å². The van der Waals surface area contributed by atoms with E-state index in [0.29, 0.717) is 63.8 Å². The van der Waals surface area contributed by atoms with Gasteiger partial charge < -0.3 is 39.2 Å². The molecule has 0 fully saturated rings. The molecule has 1 aliphatic rings. The number of ether oxygens (including phenoxy) is 5. The molecule has 0 aliphatic carbocycles. The fourth-order valence-electron chi connectivity index (χ4n) is 4.35. The van der Waals surface area contributed by atoms with E-state index in [1.807, 2.05) is 0 Å². The number of phenolic OH excluding ortho intramolecular Hbond substituents is 2. The van der Waals surface area contributed by atoms with E-state index < -0.39 is 5.97 Å². The molecule has 0 radical (unpaired) electrons. The smallest absolute Gasteiger partial charge is 0.336 e. The fourth-order valence-corrected chi connectivity index (χ4v) is 4.35. The molecule has 0 saturated carbocycles. The predicted octanol–water partition coefficient (Wildman–Crippen LogP) is 5.25. The highest BCUT2D eigenvalue weighted by Gasteiger charge is 2.27. The lowest BCUT2D eigenvalue weighted by Gasteiger charge is -2.27. The molecule has 9 nitrogen and oxygen atoms in total. The maximum Gasteiger partial charge on any atom is 0.336 e. The second-order valence-corrected chi connectivity index (χ2v) is 8.74. The van der Waals surface area contributed by atoms with Crippen molar-refractivity contribution in [2.75, 3.05) is 35.0 Å². The summed E-state index contributed by atoms with van der Waals surface area (Å²) in [6, 6.07) is 6.69. The highest BCUT2D eigenvalue weighted by Crippen LogP contribution is 2.46. The zero-order valence-corrected chi connectivity index (χ0v) is 23.6. The molecule has 3 N–H and O–H groups in total. The van der Waals surface area contributed by atoms with E-state index in [9.17, 15) is 15.0 Å². The maximum atomic E-state index is 13.0. The Balaban J connectivity index is 2.21. The van der Waals surface area contributed by atoms with Gasteiger partial charge in [0.2, 0.25) is 5.75 Å². The Kier molecular flexibility index (Phi) is 9.92. The Hall–Kier alpha value is -4.79. The quantitative estimate of drug-likeness (QED) is 0.158. The lowest BCUT2D eigenvalue weighted by Crippen LogP contribution is -2.24. The van der Waals surface area contributed by atoms with Crippen LogP contribution in [0.1, 0.15) is 30.5 Å². The molecule has 0 unspecified atom stereocenters. The average molecular weight is 550 g/mol. The number of carbonyl (C=O) groups is 1. The summed E-state index contributed by atoms with van der Waals surface area (Å²) in [7, 11) is 5.91. The average Bonchev–Trinajstić information content (AvgIpc) is 2.95. The summed E-state index contributed by atoms with van der Waals surface area (Å²) in [6.45, 7) is 7.75. The van der Waals surface area contributed by atoms with Crippen molar-refractivity contribution in [2.45, 2.75) is 20.3 Å². The Morgan fingerprint density at radius 1 is 1.02 bits per heavy atom. The Bertz CT molecular complexity index is 1410. The summed E-state index contributed by atoms with van der Waals surface area (Å²) in [5.41, 5.74) is 3.85. The molecular formula is C31H35NO8. The van der Waals surface area contributed by atoms with Gasteiger partial charge in [0.15, 0.2) is 23.0 Å².